The highest BCUT2D eigenvalue weighted by molar-refractivity contribution is 5.71. The van der Waals surface area contributed by atoms with Crippen LogP contribution in [0.25, 0.3) is 22.4 Å². The van der Waals surface area contributed by atoms with E-state index in [0.717, 1.165) is 29.1 Å². The minimum absolute atomic E-state index is 0.743. The van der Waals surface area contributed by atoms with Crippen LogP contribution in [0.3, 0.4) is 0 Å². The molecular weight excluding hydrogens is 304 g/mol. The van der Waals surface area contributed by atoms with Crippen LogP contribution in [0, 0.1) is 0 Å². The van der Waals surface area contributed by atoms with Crippen LogP contribution >= 0.6 is 0 Å². The van der Waals surface area contributed by atoms with Crippen LogP contribution in [0.15, 0.2) is 97.2 Å². The average molecular weight is 322 g/mol. The molecule has 2 nitrogen and oxygen atoms in total. The lowest BCUT2D eigenvalue weighted by atomic mass is 10.0. The van der Waals surface area contributed by atoms with E-state index in [2.05, 4.69) is 71.7 Å². The fourth-order valence-electron chi connectivity index (χ4n) is 2.92. The van der Waals surface area contributed by atoms with Gasteiger partial charge >= 0.3 is 0 Å². The van der Waals surface area contributed by atoms with E-state index >= 15 is 0 Å². The summed E-state index contributed by atoms with van der Waals surface area (Å²) in [6, 6.07) is 31.1. The molecule has 4 aromatic rings. The Morgan fingerprint density at radius 1 is 0.560 bits per heavy atom. The molecule has 0 bridgehead atoms. The molecule has 2 aromatic carbocycles. The highest BCUT2D eigenvalue weighted by Gasteiger charge is 2.05. The number of benzene rings is 2. The Hall–Kier alpha value is -3.26. The van der Waals surface area contributed by atoms with Crippen molar-refractivity contribution in [3.05, 3.63) is 109 Å². The Balaban J connectivity index is 1.65. The van der Waals surface area contributed by atoms with E-state index < -0.39 is 0 Å². The number of pyridine rings is 2. The van der Waals surface area contributed by atoms with Crippen molar-refractivity contribution in [2.24, 2.45) is 0 Å². The predicted molar refractivity (Wildman–Crippen MR) is 102 cm³/mol. The molecule has 0 N–H and O–H groups in total. The second-order valence-electron chi connectivity index (χ2n) is 5.96. The van der Waals surface area contributed by atoms with Gasteiger partial charge in [-0.15, -0.1) is 0 Å². The van der Waals surface area contributed by atoms with Crippen molar-refractivity contribution < 1.29 is 0 Å². The van der Waals surface area contributed by atoms with Gasteiger partial charge in [-0.2, -0.15) is 0 Å². The lowest BCUT2D eigenvalue weighted by Gasteiger charge is -2.07. The van der Waals surface area contributed by atoms with Gasteiger partial charge in [0.2, 0.25) is 0 Å². The van der Waals surface area contributed by atoms with Crippen molar-refractivity contribution in [2.75, 3.05) is 0 Å². The van der Waals surface area contributed by atoms with Gasteiger partial charge in [-0.05, 0) is 41.5 Å². The molecule has 0 unspecified atom stereocenters. The molecule has 0 spiro atoms. The third kappa shape index (κ3) is 3.64. The highest BCUT2D eigenvalue weighted by atomic mass is 14.7. The fraction of sp³-hybridized carbons (Fsp3) is 0.0435. The molecule has 0 aliphatic heterocycles. The second kappa shape index (κ2) is 7.10. The fourth-order valence-corrected chi connectivity index (χ4v) is 2.92. The molecule has 0 amide bonds. The van der Waals surface area contributed by atoms with Crippen molar-refractivity contribution in [3.8, 4) is 22.4 Å². The number of hydrogen-bond donors (Lipinski definition) is 0. The van der Waals surface area contributed by atoms with Crippen LogP contribution in [-0.4, -0.2) is 9.97 Å². The summed E-state index contributed by atoms with van der Waals surface area (Å²) in [5.74, 6) is 0. The predicted octanol–water partition coefficient (Wildman–Crippen LogP) is 5.40. The van der Waals surface area contributed by atoms with Crippen molar-refractivity contribution in [3.63, 3.8) is 0 Å². The van der Waals surface area contributed by atoms with E-state index in [4.69, 9.17) is 4.98 Å². The molecule has 2 heterocycles. The zero-order valence-electron chi connectivity index (χ0n) is 13.8. The largest absolute Gasteiger partial charge is 0.261 e. The number of aromatic nitrogens is 2. The SMILES string of the molecule is c1ccc(-c2cccc(-c3cccc(Cc4ccccn4)n3)c2)cc1. The first kappa shape index (κ1) is 15.3. The third-order valence-electron chi connectivity index (χ3n) is 4.16. The molecule has 0 saturated heterocycles. The van der Waals surface area contributed by atoms with Crippen LogP contribution in [0.2, 0.25) is 0 Å². The summed E-state index contributed by atoms with van der Waals surface area (Å²) in [5.41, 5.74) is 6.60. The van der Waals surface area contributed by atoms with Gasteiger partial charge in [-0.25, -0.2) is 0 Å². The standard InChI is InChI=1S/C23H18N2/c1-2-8-18(9-3-1)19-10-6-11-20(16-19)23-14-7-13-22(25-23)17-21-12-4-5-15-24-21/h1-16H,17H2. The summed E-state index contributed by atoms with van der Waals surface area (Å²) in [6.45, 7) is 0. The van der Waals surface area contributed by atoms with Crippen LogP contribution in [-0.2, 0) is 6.42 Å². The molecule has 0 aliphatic rings. The minimum atomic E-state index is 0.743. The summed E-state index contributed by atoms with van der Waals surface area (Å²) >= 11 is 0. The van der Waals surface area contributed by atoms with Crippen LogP contribution in [0.4, 0.5) is 0 Å². The van der Waals surface area contributed by atoms with Gasteiger partial charge in [0.25, 0.3) is 0 Å². The maximum absolute atomic E-state index is 4.83. The lowest BCUT2D eigenvalue weighted by molar-refractivity contribution is 1.01. The van der Waals surface area contributed by atoms with Crippen LogP contribution in [0.5, 0.6) is 0 Å². The number of hydrogen-bond acceptors (Lipinski definition) is 2. The number of nitrogens with zero attached hydrogens (tertiary/aromatic N) is 2. The molecule has 2 heteroatoms. The number of rotatable bonds is 4. The van der Waals surface area contributed by atoms with Gasteiger partial charge in [0.1, 0.15) is 0 Å². The van der Waals surface area contributed by atoms with E-state index in [1.54, 1.807) is 0 Å². The normalized spacial score (nSPS) is 10.6. The third-order valence-corrected chi connectivity index (χ3v) is 4.16. The molecule has 0 aliphatic carbocycles. The Kier molecular flexibility index (Phi) is 4.34. The smallest absolute Gasteiger partial charge is 0.0705 e. The van der Waals surface area contributed by atoms with E-state index in [-0.39, 0.29) is 0 Å². The zero-order valence-corrected chi connectivity index (χ0v) is 13.8. The summed E-state index contributed by atoms with van der Waals surface area (Å²) in [5, 5.41) is 0. The molecule has 4 rings (SSSR count). The Bertz CT molecular complexity index is 963. The Morgan fingerprint density at radius 2 is 1.28 bits per heavy atom. The van der Waals surface area contributed by atoms with Crippen LogP contribution < -0.4 is 0 Å². The molecular formula is C23H18N2. The molecule has 0 atom stereocenters. The first-order valence-electron chi connectivity index (χ1n) is 8.40. The van der Waals surface area contributed by atoms with Gasteiger partial charge in [0.15, 0.2) is 0 Å². The van der Waals surface area contributed by atoms with E-state index in [0.29, 0.717) is 0 Å². The molecule has 0 radical (unpaired) electrons. The van der Waals surface area contributed by atoms with Crippen molar-refractivity contribution in [1.82, 2.24) is 9.97 Å². The average Bonchev–Trinajstić information content (AvgIpc) is 2.70. The summed E-state index contributed by atoms with van der Waals surface area (Å²) in [7, 11) is 0. The summed E-state index contributed by atoms with van der Waals surface area (Å²) < 4.78 is 0. The maximum Gasteiger partial charge on any atom is 0.0705 e. The molecule has 2 aromatic heterocycles. The quantitative estimate of drug-likeness (QED) is 0.502. The van der Waals surface area contributed by atoms with Gasteiger partial charge in [0, 0.05) is 29.6 Å². The topological polar surface area (TPSA) is 25.8 Å². The molecule has 120 valence electrons. The summed E-state index contributed by atoms with van der Waals surface area (Å²) in [6.07, 6.45) is 2.57. The zero-order chi connectivity index (χ0) is 16.9. The van der Waals surface area contributed by atoms with Crippen molar-refractivity contribution in [1.29, 1.82) is 0 Å². The Morgan fingerprint density at radius 3 is 2.12 bits per heavy atom. The van der Waals surface area contributed by atoms with Gasteiger partial charge in [-0.1, -0.05) is 60.7 Å². The van der Waals surface area contributed by atoms with Gasteiger partial charge < -0.3 is 0 Å². The van der Waals surface area contributed by atoms with E-state index in [9.17, 15) is 0 Å². The minimum Gasteiger partial charge on any atom is -0.261 e. The molecule has 0 fully saturated rings. The highest BCUT2D eigenvalue weighted by Crippen LogP contribution is 2.25. The van der Waals surface area contributed by atoms with Crippen LogP contribution in [0.1, 0.15) is 11.4 Å². The van der Waals surface area contributed by atoms with Crippen molar-refractivity contribution >= 4 is 0 Å². The lowest BCUT2D eigenvalue weighted by Crippen LogP contribution is -1.96. The van der Waals surface area contributed by atoms with E-state index in [1.807, 2.05) is 30.5 Å². The molecule has 0 saturated carbocycles. The Labute approximate surface area is 147 Å². The van der Waals surface area contributed by atoms with Crippen molar-refractivity contribution in [2.45, 2.75) is 6.42 Å². The van der Waals surface area contributed by atoms with Gasteiger partial charge in [-0.3, -0.25) is 9.97 Å². The summed E-state index contributed by atoms with van der Waals surface area (Å²) in [4.78, 5) is 9.22. The second-order valence-corrected chi connectivity index (χ2v) is 5.96. The monoisotopic (exact) mass is 322 g/mol. The maximum atomic E-state index is 4.83. The van der Waals surface area contributed by atoms with E-state index in [1.165, 1.54) is 11.1 Å². The first-order chi connectivity index (χ1) is 12.4. The first-order valence-corrected chi connectivity index (χ1v) is 8.40. The molecule has 25 heavy (non-hydrogen) atoms. The van der Waals surface area contributed by atoms with Gasteiger partial charge in [0.05, 0.1) is 5.69 Å².